The van der Waals surface area contributed by atoms with E-state index in [1.54, 1.807) is 28.7 Å². The molecule has 0 N–H and O–H groups in total. The second-order valence-electron chi connectivity index (χ2n) is 11.9. The standard InChI is InChI=1S/C42H30FN2PS2/c1-25-21-31(30-8-4-6-10-39(30)46)33-22-27(14-16-36(33)44-25)12-13-28-15-17-37-34(23-28)32(29-7-3-5-9-35(29)43)24-38(45-37)40-19-20-42(48-40)41-18-11-26(2)47-41/h3-24H,46H2,1-2H3/b13-12+. The predicted molar refractivity (Wildman–Crippen MR) is 209 cm³/mol. The van der Waals surface area contributed by atoms with Crippen LogP contribution in [0.5, 0.6) is 0 Å². The van der Waals surface area contributed by atoms with Crippen molar-refractivity contribution >= 4 is 71.2 Å². The minimum absolute atomic E-state index is 0.249. The van der Waals surface area contributed by atoms with Crippen molar-refractivity contribution in [1.82, 2.24) is 9.97 Å². The Bertz CT molecular complexity index is 2530. The van der Waals surface area contributed by atoms with Crippen LogP contribution in [0.25, 0.3) is 76.5 Å². The van der Waals surface area contributed by atoms with Gasteiger partial charge in [0.05, 0.1) is 21.6 Å². The van der Waals surface area contributed by atoms with Crippen LogP contribution in [-0.2, 0) is 0 Å². The Morgan fingerprint density at radius 1 is 0.562 bits per heavy atom. The van der Waals surface area contributed by atoms with Crippen LogP contribution in [0.3, 0.4) is 0 Å². The molecule has 4 aromatic carbocycles. The van der Waals surface area contributed by atoms with Crippen molar-refractivity contribution in [3.05, 3.63) is 149 Å². The monoisotopic (exact) mass is 676 g/mol. The average Bonchev–Trinajstić information content (AvgIpc) is 3.77. The zero-order valence-electron chi connectivity index (χ0n) is 26.4. The number of halogens is 1. The van der Waals surface area contributed by atoms with Gasteiger partial charge in [0.2, 0.25) is 0 Å². The second kappa shape index (κ2) is 12.7. The van der Waals surface area contributed by atoms with Crippen LogP contribution in [0.15, 0.2) is 121 Å². The third kappa shape index (κ3) is 5.90. The van der Waals surface area contributed by atoms with E-state index in [-0.39, 0.29) is 5.82 Å². The summed E-state index contributed by atoms with van der Waals surface area (Å²) in [4.78, 5) is 14.7. The van der Waals surface area contributed by atoms with Gasteiger partial charge in [0, 0.05) is 36.7 Å². The topological polar surface area (TPSA) is 25.8 Å². The molecule has 0 aliphatic heterocycles. The molecular weight excluding hydrogens is 647 g/mol. The fraction of sp³-hybridized carbons (Fsp3) is 0.0476. The van der Waals surface area contributed by atoms with Crippen LogP contribution >= 0.6 is 31.9 Å². The lowest BCUT2D eigenvalue weighted by Crippen LogP contribution is -1.98. The number of hydrogen-bond donors (Lipinski definition) is 0. The van der Waals surface area contributed by atoms with Crippen molar-refractivity contribution in [2.24, 2.45) is 0 Å². The first-order valence-electron chi connectivity index (χ1n) is 15.7. The van der Waals surface area contributed by atoms with Gasteiger partial charge in [-0.1, -0.05) is 66.7 Å². The maximum Gasteiger partial charge on any atom is 0.131 e. The van der Waals surface area contributed by atoms with E-state index in [9.17, 15) is 0 Å². The van der Waals surface area contributed by atoms with Crippen molar-refractivity contribution in [2.45, 2.75) is 13.8 Å². The Balaban J connectivity index is 1.20. The first kappa shape index (κ1) is 30.5. The summed E-state index contributed by atoms with van der Waals surface area (Å²) >= 11 is 3.51. The molecule has 0 aliphatic carbocycles. The highest BCUT2D eigenvalue weighted by molar-refractivity contribution is 7.28. The highest BCUT2D eigenvalue weighted by Crippen LogP contribution is 2.40. The Labute approximate surface area is 289 Å². The summed E-state index contributed by atoms with van der Waals surface area (Å²) < 4.78 is 15.3. The fourth-order valence-electron chi connectivity index (χ4n) is 6.19. The highest BCUT2D eigenvalue weighted by Gasteiger charge is 2.15. The summed E-state index contributed by atoms with van der Waals surface area (Å²) in [6.07, 6.45) is 4.24. The van der Waals surface area contributed by atoms with Gasteiger partial charge in [0.1, 0.15) is 5.82 Å². The maximum atomic E-state index is 15.3. The average molecular weight is 677 g/mol. The van der Waals surface area contributed by atoms with E-state index in [0.29, 0.717) is 5.56 Å². The molecule has 48 heavy (non-hydrogen) atoms. The summed E-state index contributed by atoms with van der Waals surface area (Å²) in [6.45, 7) is 4.17. The number of aromatic nitrogens is 2. The van der Waals surface area contributed by atoms with Gasteiger partial charge in [-0.05, 0) is 114 Å². The second-order valence-corrected chi connectivity index (χ2v) is 14.9. The van der Waals surface area contributed by atoms with Gasteiger partial charge in [0.25, 0.3) is 0 Å². The Morgan fingerprint density at radius 2 is 1.17 bits per heavy atom. The quantitative estimate of drug-likeness (QED) is 0.129. The van der Waals surface area contributed by atoms with Crippen molar-refractivity contribution in [3.8, 4) is 42.6 Å². The van der Waals surface area contributed by atoms with Gasteiger partial charge in [-0.15, -0.1) is 31.9 Å². The molecule has 8 aromatic rings. The fourth-order valence-corrected chi connectivity index (χ4v) is 8.48. The minimum Gasteiger partial charge on any atom is -0.253 e. The van der Waals surface area contributed by atoms with Crippen LogP contribution < -0.4 is 5.30 Å². The number of aryl methyl sites for hydroxylation is 2. The van der Waals surface area contributed by atoms with Crippen LogP contribution in [0.1, 0.15) is 21.7 Å². The lowest BCUT2D eigenvalue weighted by Gasteiger charge is -2.12. The third-order valence-electron chi connectivity index (χ3n) is 8.52. The molecule has 0 saturated heterocycles. The number of rotatable bonds is 6. The Morgan fingerprint density at radius 3 is 1.85 bits per heavy atom. The highest BCUT2D eigenvalue weighted by atomic mass is 32.1. The lowest BCUT2D eigenvalue weighted by molar-refractivity contribution is 0.631. The van der Waals surface area contributed by atoms with E-state index < -0.39 is 0 Å². The molecule has 232 valence electrons. The molecule has 0 amide bonds. The third-order valence-corrected chi connectivity index (χ3v) is 11.3. The molecule has 1 unspecified atom stereocenters. The SMILES string of the molecule is Cc1cc(-c2ccccc2P)c2cc(/C=C/c3ccc4nc(-c5ccc(-c6ccc(C)s6)s5)cc(-c5ccccc5F)c4c3)ccc2n1. The molecule has 0 aliphatic rings. The number of fused-ring (bicyclic) bond motifs is 2. The number of nitrogens with zero attached hydrogens (tertiary/aromatic N) is 2. The lowest BCUT2D eigenvalue weighted by atomic mass is 9.97. The van der Waals surface area contributed by atoms with E-state index in [4.69, 9.17) is 9.97 Å². The zero-order chi connectivity index (χ0) is 32.8. The van der Waals surface area contributed by atoms with Crippen LogP contribution in [0, 0.1) is 19.7 Å². The molecule has 0 bridgehead atoms. The van der Waals surface area contributed by atoms with Crippen molar-refractivity contribution < 1.29 is 4.39 Å². The van der Waals surface area contributed by atoms with Gasteiger partial charge < -0.3 is 0 Å². The van der Waals surface area contributed by atoms with Crippen LogP contribution in [0.2, 0.25) is 0 Å². The van der Waals surface area contributed by atoms with Gasteiger partial charge in [-0.25, -0.2) is 9.37 Å². The molecule has 4 heterocycles. The number of pyridine rings is 2. The van der Waals surface area contributed by atoms with Crippen LogP contribution in [0.4, 0.5) is 4.39 Å². The number of benzene rings is 4. The van der Waals surface area contributed by atoms with Crippen molar-refractivity contribution in [1.29, 1.82) is 0 Å². The van der Waals surface area contributed by atoms with E-state index in [1.165, 1.54) is 31.8 Å². The summed E-state index contributed by atoms with van der Waals surface area (Å²) in [5.74, 6) is -0.249. The maximum absolute atomic E-state index is 15.3. The molecule has 6 heteroatoms. The number of thiophene rings is 2. The Hall–Kier alpha value is -4.80. The molecule has 0 spiro atoms. The van der Waals surface area contributed by atoms with Gasteiger partial charge in [-0.3, -0.25) is 4.98 Å². The smallest absolute Gasteiger partial charge is 0.131 e. The molecule has 1 atom stereocenters. The molecule has 0 radical (unpaired) electrons. The van der Waals surface area contributed by atoms with E-state index in [1.807, 2.05) is 31.2 Å². The first-order valence-corrected chi connectivity index (χ1v) is 17.9. The largest absolute Gasteiger partial charge is 0.253 e. The van der Waals surface area contributed by atoms with E-state index in [2.05, 4.69) is 113 Å². The summed E-state index contributed by atoms with van der Waals surface area (Å²) in [5.41, 5.74) is 9.48. The molecule has 0 fully saturated rings. The number of hydrogen-bond acceptors (Lipinski definition) is 4. The summed E-state index contributed by atoms with van der Waals surface area (Å²) in [7, 11) is 2.86. The zero-order valence-corrected chi connectivity index (χ0v) is 29.2. The van der Waals surface area contributed by atoms with Crippen molar-refractivity contribution in [2.75, 3.05) is 0 Å². The van der Waals surface area contributed by atoms with Gasteiger partial charge >= 0.3 is 0 Å². The normalized spacial score (nSPS) is 11.7. The van der Waals surface area contributed by atoms with Crippen LogP contribution in [-0.4, -0.2) is 9.97 Å². The molecule has 0 saturated carbocycles. The van der Waals surface area contributed by atoms with E-state index >= 15 is 4.39 Å². The minimum atomic E-state index is -0.249. The molecule has 2 nitrogen and oxygen atoms in total. The van der Waals surface area contributed by atoms with Crippen molar-refractivity contribution in [3.63, 3.8) is 0 Å². The van der Waals surface area contributed by atoms with Gasteiger partial charge in [0.15, 0.2) is 0 Å². The molecule has 8 rings (SSSR count). The van der Waals surface area contributed by atoms with E-state index in [0.717, 1.165) is 60.1 Å². The summed E-state index contributed by atoms with van der Waals surface area (Å²) in [5, 5.41) is 3.18. The molecular formula is C42H30FN2PS2. The first-order chi connectivity index (χ1) is 23.4. The molecule has 4 aromatic heterocycles. The Kier molecular flexibility index (Phi) is 8.06. The van der Waals surface area contributed by atoms with Gasteiger partial charge in [-0.2, -0.15) is 0 Å². The summed E-state index contributed by atoms with van der Waals surface area (Å²) in [6, 6.07) is 40.8. The predicted octanol–water partition coefficient (Wildman–Crippen LogP) is 12.0.